The number of amides is 1. The molecule has 2 aromatic rings. The number of nitrogens with one attached hydrogen (secondary N) is 1. The number of rotatable bonds is 5. The molecule has 0 saturated carbocycles. The number of H-pyrrole nitrogens is 1. The molecule has 4 nitrogen and oxygen atoms in total. The van der Waals surface area contributed by atoms with Gasteiger partial charge in [0.15, 0.2) is 5.43 Å². The van der Waals surface area contributed by atoms with E-state index in [1.807, 2.05) is 6.07 Å². The molecule has 0 aliphatic rings. The molecule has 0 aliphatic carbocycles. The summed E-state index contributed by atoms with van der Waals surface area (Å²) in [5, 5.41) is 0. The number of carbonyl (C=O) groups excluding carboxylic acids is 1. The van der Waals surface area contributed by atoms with Crippen molar-refractivity contribution in [2.45, 2.75) is 6.54 Å². The van der Waals surface area contributed by atoms with Gasteiger partial charge in [0.05, 0.1) is 10.9 Å². The lowest BCUT2D eigenvalue weighted by atomic mass is 10.2. The molecular formula is C14H13ClN2O2S. The standard InChI is InChI=1S/C14H13ClN2O2S/c1-2-7-17(9-10-3-4-13(15)20-10)14(19)11-8-16-6-5-12(11)18/h2-6,8H,1,7,9H2,(H,16,18). The predicted octanol–water partition coefficient (Wildman–Crippen LogP) is 2.92. The lowest BCUT2D eigenvalue weighted by Crippen LogP contribution is -2.33. The van der Waals surface area contributed by atoms with Gasteiger partial charge in [-0.2, -0.15) is 0 Å². The molecule has 6 heteroatoms. The highest BCUT2D eigenvalue weighted by atomic mass is 35.5. The quantitative estimate of drug-likeness (QED) is 0.863. The minimum atomic E-state index is -0.323. The first-order valence-electron chi connectivity index (χ1n) is 5.93. The van der Waals surface area contributed by atoms with Crippen LogP contribution in [0.5, 0.6) is 0 Å². The second kappa shape index (κ2) is 6.54. The fourth-order valence-electron chi connectivity index (χ4n) is 1.75. The molecule has 0 fully saturated rings. The molecule has 0 atom stereocenters. The van der Waals surface area contributed by atoms with E-state index in [1.54, 1.807) is 17.0 Å². The normalized spacial score (nSPS) is 10.2. The third kappa shape index (κ3) is 3.37. The largest absolute Gasteiger partial charge is 0.367 e. The number of halogens is 1. The highest BCUT2D eigenvalue weighted by Gasteiger charge is 2.18. The summed E-state index contributed by atoms with van der Waals surface area (Å²) >= 11 is 7.29. The van der Waals surface area contributed by atoms with Crippen LogP contribution in [0.3, 0.4) is 0 Å². The van der Waals surface area contributed by atoms with Crippen LogP contribution in [0.4, 0.5) is 0 Å². The fourth-order valence-corrected chi connectivity index (χ4v) is 2.86. The zero-order valence-corrected chi connectivity index (χ0v) is 12.2. The highest BCUT2D eigenvalue weighted by molar-refractivity contribution is 7.16. The van der Waals surface area contributed by atoms with Crippen molar-refractivity contribution in [2.24, 2.45) is 0 Å². The summed E-state index contributed by atoms with van der Waals surface area (Å²) in [7, 11) is 0. The Labute approximate surface area is 125 Å². The molecule has 20 heavy (non-hydrogen) atoms. The molecule has 2 aromatic heterocycles. The van der Waals surface area contributed by atoms with Gasteiger partial charge in [-0.1, -0.05) is 17.7 Å². The Hall–Kier alpha value is -1.85. The Morgan fingerprint density at radius 1 is 1.45 bits per heavy atom. The van der Waals surface area contributed by atoms with Crippen molar-refractivity contribution < 1.29 is 4.79 Å². The molecular weight excluding hydrogens is 296 g/mol. The van der Waals surface area contributed by atoms with Crippen LogP contribution in [0, 0.1) is 0 Å². The molecule has 0 unspecified atom stereocenters. The van der Waals surface area contributed by atoms with Gasteiger partial charge in [0.25, 0.3) is 5.91 Å². The zero-order chi connectivity index (χ0) is 14.5. The Morgan fingerprint density at radius 2 is 2.25 bits per heavy atom. The topological polar surface area (TPSA) is 53.2 Å². The summed E-state index contributed by atoms with van der Waals surface area (Å²) in [6.45, 7) is 4.41. The third-order valence-corrected chi connectivity index (χ3v) is 3.88. The van der Waals surface area contributed by atoms with E-state index >= 15 is 0 Å². The molecule has 0 bridgehead atoms. The Balaban J connectivity index is 2.24. The lowest BCUT2D eigenvalue weighted by molar-refractivity contribution is 0.0762. The number of thiophene rings is 1. The van der Waals surface area contributed by atoms with E-state index in [-0.39, 0.29) is 16.9 Å². The van der Waals surface area contributed by atoms with Crippen LogP contribution in [0.15, 0.2) is 48.0 Å². The fraction of sp³-hybridized carbons (Fsp3) is 0.143. The summed E-state index contributed by atoms with van der Waals surface area (Å²) in [5.41, 5.74) is -0.177. The Morgan fingerprint density at radius 3 is 2.85 bits per heavy atom. The van der Waals surface area contributed by atoms with Crippen molar-refractivity contribution in [3.05, 3.63) is 68.2 Å². The first-order valence-corrected chi connectivity index (χ1v) is 7.12. The van der Waals surface area contributed by atoms with Gasteiger partial charge in [0.2, 0.25) is 0 Å². The summed E-state index contributed by atoms with van der Waals surface area (Å²) in [6, 6.07) is 4.99. The van der Waals surface area contributed by atoms with Crippen LogP contribution < -0.4 is 5.43 Å². The maximum atomic E-state index is 12.4. The number of nitrogens with zero attached hydrogens (tertiary/aromatic N) is 1. The number of hydrogen-bond donors (Lipinski definition) is 1. The van der Waals surface area contributed by atoms with E-state index in [9.17, 15) is 9.59 Å². The van der Waals surface area contributed by atoms with Gasteiger partial charge >= 0.3 is 0 Å². The van der Waals surface area contributed by atoms with Gasteiger partial charge in [0.1, 0.15) is 5.56 Å². The van der Waals surface area contributed by atoms with E-state index in [0.717, 1.165) is 4.88 Å². The van der Waals surface area contributed by atoms with Crippen molar-refractivity contribution in [3.8, 4) is 0 Å². The molecule has 104 valence electrons. The molecule has 1 N–H and O–H groups in total. The summed E-state index contributed by atoms with van der Waals surface area (Å²) in [6.07, 6.45) is 4.54. The number of hydrogen-bond acceptors (Lipinski definition) is 3. The van der Waals surface area contributed by atoms with Crippen LogP contribution in [-0.2, 0) is 6.54 Å². The van der Waals surface area contributed by atoms with Crippen LogP contribution >= 0.6 is 22.9 Å². The Kier molecular flexibility index (Phi) is 4.76. The predicted molar refractivity (Wildman–Crippen MR) is 81.3 cm³/mol. The maximum Gasteiger partial charge on any atom is 0.259 e. The first kappa shape index (κ1) is 14.6. The molecule has 2 heterocycles. The van der Waals surface area contributed by atoms with Crippen LogP contribution in [0.1, 0.15) is 15.2 Å². The summed E-state index contributed by atoms with van der Waals surface area (Å²) in [5.74, 6) is -0.323. The average Bonchev–Trinajstić information content (AvgIpc) is 2.83. The Bertz CT molecular complexity index is 678. The van der Waals surface area contributed by atoms with E-state index in [4.69, 9.17) is 11.6 Å². The van der Waals surface area contributed by atoms with E-state index < -0.39 is 0 Å². The number of carbonyl (C=O) groups is 1. The van der Waals surface area contributed by atoms with E-state index in [0.29, 0.717) is 17.4 Å². The van der Waals surface area contributed by atoms with Gasteiger partial charge in [-0.05, 0) is 12.1 Å². The molecule has 2 rings (SSSR count). The molecule has 0 saturated heterocycles. The van der Waals surface area contributed by atoms with Crippen LogP contribution in [-0.4, -0.2) is 22.3 Å². The van der Waals surface area contributed by atoms with Gasteiger partial charge in [-0.25, -0.2) is 0 Å². The van der Waals surface area contributed by atoms with Crippen molar-refractivity contribution >= 4 is 28.8 Å². The number of aromatic nitrogens is 1. The SMILES string of the molecule is C=CCN(Cc1ccc(Cl)s1)C(=O)c1c[nH]ccc1=O. The van der Waals surface area contributed by atoms with Gasteiger partial charge < -0.3 is 9.88 Å². The summed E-state index contributed by atoms with van der Waals surface area (Å²) in [4.78, 5) is 29.4. The first-order chi connectivity index (χ1) is 9.61. The highest BCUT2D eigenvalue weighted by Crippen LogP contribution is 2.23. The average molecular weight is 309 g/mol. The number of pyridine rings is 1. The van der Waals surface area contributed by atoms with Crippen molar-refractivity contribution in [1.82, 2.24) is 9.88 Å². The zero-order valence-electron chi connectivity index (χ0n) is 10.6. The van der Waals surface area contributed by atoms with Gasteiger partial charge in [-0.3, -0.25) is 9.59 Å². The van der Waals surface area contributed by atoms with Crippen molar-refractivity contribution in [3.63, 3.8) is 0 Å². The monoisotopic (exact) mass is 308 g/mol. The lowest BCUT2D eigenvalue weighted by Gasteiger charge is -2.20. The van der Waals surface area contributed by atoms with Gasteiger partial charge in [0, 0.05) is 29.9 Å². The second-order valence-corrected chi connectivity index (χ2v) is 5.90. The maximum absolute atomic E-state index is 12.4. The molecule has 0 spiro atoms. The van der Waals surface area contributed by atoms with Crippen molar-refractivity contribution in [2.75, 3.05) is 6.54 Å². The summed E-state index contributed by atoms with van der Waals surface area (Å²) < 4.78 is 0.670. The van der Waals surface area contributed by atoms with Crippen molar-refractivity contribution in [1.29, 1.82) is 0 Å². The van der Waals surface area contributed by atoms with E-state index in [1.165, 1.54) is 29.8 Å². The van der Waals surface area contributed by atoms with Crippen LogP contribution in [0.2, 0.25) is 4.34 Å². The molecule has 0 radical (unpaired) electrons. The molecule has 0 aliphatic heterocycles. The molecule has 1 amide bonds. The number of aromatic amines is 1. The second-order valence-electron chi connectivity index (χ2n) is 4.10. The van der Waals surface area contributed by atoms with Gasteiger partial charge in [-0.15, -0.1) is 17.9 Å². The van der Waals surface area contributed by atoms with Crippen LogP contribution in [0.25, 0.3) is 0 Å². The van der Waals surface area contributed by atoms with E-state index in [2.05, 4.69) is 11.6 Å². The third-order valence-electron chi connectivity index (χ3n) is 2.67. The molecule has 0 aromatic carbocycles. The minimum Gasteiger partial charge on any atom is -0.367 e. The minimum absolute atomic E-state index is 0.122. The smallest absolute Gasteiger partial charge is 0.259 e.